The van der Waals surface area contributed by atoms with Crippen molar-refractivity contribution in [2.75, 3.05) is 0 Å². The van der Waals surface area contributed by atoms with Crippen molar-refractivity contribution in [3.05, 3.63) is 51.7 Å². The van der Waals surface area contributed by atoms with Gasteiger partial charge in [0.05, 0.1) is 11.4 Å². The van der Waals surface area contributed by atoms with Crippen LogP contribution in [-0.2, 0) is 17.9 Å². The fourth-order valence-corrected chi connectivity index (χ4v) is 3.38. The summed E-state index contributed by atoms with van der Waals surface area (Å²) in [6.45, 7) is 8.00. The lowest BCUT2D eigenvalue weighted by molar-refractivity contribution is -0.128. The van der Waals surface area contributed by atoms with Crippen molar-refractivity contribution in [1.29, 1.82) is 0 Å². The van der Waals surface area contributed by atoms with Crippen LogP contribution in [0.1, 0.15) is 40.9 Å². The highest BCUT2D eigenvalue weighted by atomic mass is 32.1. The molecule has 1 amide bonds. The molecule has 1 aromatic carbocycles. The first-order valence-electron chi connectivity index (χ1n) is 8.98. The van der Waals surface area contributed by atoms with E-state index >= 15 is 0 Å². The number of carbonyl (C=O) groups is 2. The largest absolute Gasteiger partial charge is 0.351 e. The maximum atomic E-state index is 12.5. The number of rotatable bonds is 6. The highest BCUT2D eigenvalue weighted by Gasteiger charge is 2.21. The zero-order chi connectivity index (χ0) is 20.3. The third-order valence-electron chi connectivity index (χ3n) is 4.16. The third kappa shape index (κ3) is 4.69. The summed E-state index contributed by atoms with van der Waals surface area (Å²) < 4.78 is 0. The van der Waals surface area contributed by atoms with Gasteiger partial charge in [-0.3, -0.25) is 9.59 Å². The first kappa shape index (κ1) is 19.9. The van der Waals surface area contributed by atoms with E-state index in [-0.39, 0.29) is 18.2 Å². The van der Waals surface area contributed by atoms with Gasteiger partial charge in [0.2, 0.25) is 11.7 Å². The van der Waals surface area contributed by atoms with Crippen molar-refractivity contribution < 1.29 is 9.59 Å². The number of benzene rings is 1. The molecule has 146 valence electrons. The van der Waals surface area contributed by atoms with Gasteiger partial charge in [-0.15, -0.1) is 21.5 Å². The molecular weight excluding hydrogens is 374 g/mol. The third-order valence-corrected chi connectivity index (χ3v) is 5.29. The van der Waals surface area contributed by atoms with Crippen molar-refractivity contribution in [2.24, 2.45) is 5.41 Å². The molecule has 0 spiro atoms. The number of Topliss-reactive ketones (excluding diaryl/α,β-unsaturated/α-hetero) is 1. The maximum Gasteiger partial charge on any atom is 0.225 e. The molecule has 0 atom stereocenters. The molecule has 0 unspecified atom stereocenters. The van der Waals surface area contributed by atoms with Crippen molar-refractivity contribution >= 4 is 23.0 Å². The van der Waals surface area contributed by atoms with Crippen LogP contribution in [0.15, 0.2) is 36.4 Å². The monoisotopic (exact) mass is 397 g/mol. The van der Waals surface area contributed by atoms with E-state index in [1.165, 1.54) is 16.1 Å². The number of thiophene rings is 1. The Labute approximate surface area is 167 Å². The molecule has 2 aromatic heterocycles. The Hall–Kier alpha value is -2.87. The number of nitrogens with zero attached hydrogens (tertiary/aromatic N) is 4. The fraction of sp³-hybridized carbons (Fsp3) is 0.350. The van der Waals surface area contributed by atoms with E-state index in [1.54, 1.807) is 6.07 Å². The van der Waals surface area contributed by atoms with Crippen molar-refractivity contribution in [1.82, 2.24) is 25.5 Å². The SMILES string of the molecule is Cc1ccccc1-c1nnn(CC(=O)c2ccc(CNC(=O)C(C)(C)C)s2)n1. The van der Waals surface area contributed by atoms with Crippen LogP contribution in [0.5, 0.6) is 0 Å². The van der Waals surface area contributed by atoms with E-state index in [0.717, 1.165) is 16.0 Å². The van der Waals surface area contributed by atoms with Gasteiger partial charge in [0, 0.05) is 15.9 Å². The van der Waals surface area contributed by atoms with Crippen molar-refractivity contribution in [2.45, 2.75) is 40.8 Å². The van der Waals surface area contributed by atoms with Crippen molar-refractivity contribution in [3.63, 3.8) is 0 Å². The maximum absolute atomic E-state index is 12.5. The summed E-state index contributed by atoms with van der Waals surface area (Å²) in [6, 6.07) is 11.4. The number of nitrogens with one attached hydrogen (secondary N) is 1. The van der Waals surface area contributed by atoms with Gasteiger partial charge >= 0.3 is 0 Å². The van der Waals surface area contributed by atoms with Gasteiger partial charge in [-0.05, 0) is 29.8 Å². The van der Waals surface area contributed by atoms with Gasteiger partial charge in [-0.2, -0.15) is 4.80 Å². The molecule has 0 aliphatic carbocycles. The Morgan fingerprint density at radius 1 is 1.14 bits per heavy atom. The number of amides is 1. The Balaban J connectivity index is 1.62. The zero-order valence-electron chi connectivity index (χ0n) is 16.4. The minimum atomic E-state index is -0.441. The van der Waals surface area contributed by atoms with E-state index in [1.807, 2.05) is 58.0 Å². The van der Waals surface area contributed by atoms with E-state index in [4.69, 9.17) is 0 Å². The van der Waals surface area contributed by atoms with Crippen LogP contribution in [0, 0.1) is 12.3 Å². The molecule has 0 aliphatic rings. The highest BCUT2D eigenvalue weighted by molar-refractivity contribution is 7.14. The Kier molecular flexibility index (Phi) is 5.69. The van der Waals surface area contributed by atoms with Crippen molar-refractivity contribution in [3.8, 4) is 11.4 Å². The molecule has 0 saturated carbocycles. The summed E-state index contributed by atoms with van der Waals surface area (Å²) in [7, 11) is 0. The smallest absolute Gasteiger partial charge is 0.225 e. The summed E-state index contributed by atoms with van der Waals surface area (Å²) in [5.74, 6) is 0.388. The Morgan fingerprint density at radius 3 is 2.61 bits per heavy atom. The average molecular weight is 398 g/mol. The number of hydrogen-bond donors (Lipinski definition) is 1. The minimum absolute atomic E-state index is 0.0210. The second-order valence-corrected chi connectivity index (χ2v) is 8.75. The van der Waals surface area contributed by atoms with Crippen LogP contribution >= 0.6 is 11.3 Å². The van der Waals surface area contributed by atoms with E-state index in [2.05, 4.69) is 20.7 Å². The average Bonchev–Trinajstić information content (AvgIpc) is 3.29. The predicted molar refractivity (Wildman–Crippen MR) is 108 cm³/mol. The summed E-state index contributed by atoms with van der Waals surface area (Å²) in [4.78, 5) is 27.3. The Morgan fingerprint density at radius 2 is 1.89 bits per heavy atom. The van der Waals surface area contributed by atoms with Gasteiger partial charge < -0.3 is 5.32 Å². The summed E-state index contributed by atoms with van der Waals surface area (Å²) >= 11 is 1.36. The molecule has 0 saturated heterocycles. The van der Waals surface area contributed by atoms with Crippen LogP contribution in [-0.4, -0.2) is 31.9 Å². The molecule has 0 fully saturated rings. The molecular formula is C20H23N5O2S. The standard InChI is InChI=1S/C20H23N5O2S/c1-13-7-5-6-8-15(13)18-22-24-25(23-18)12-16(26)17-10-9-14(28-17)11-21-19(27)20(2,3)4/h5-10H,11-12H2,1-4H3,(H,21,27). The number of carbonyl (C=O) groups excluding carboxylic acids is 2. The molecule has 1 N–H and O–H groups in total. The second kappa shape index (κ2) is 8.02. The van der Waals surface area contributed by atoms with Gasteiger partial charge in [0.25, 0.3) is 0 Å². The molecule has 28 heavy (non-hydrogen) atoms. The number of aryl methyl sites for hydroxylation is 1. The first-order chi connectivity index (χ1) is 13.2. The molecule has 3 aromatic rings. The zero-order valence-corrected chi connectivity index (χ0v) is 17.2. The molecule has 2 heterocycles. The Bertz CT molecular complexity index is 1000. The highest BCUT2D eigenvalue weighted by Crippen LogP contribution is 2.20. The second-order valence-electron chi connectivity index (χ2n) is 7.58. The fourth-order valence-electron chi connectivity index (χ4n) is 2.50. The van der Waals surface area contributed by atoms with E-state index < -0.39 is 5.41 Å². The van der Waals surface area contributed by atoms with Crippen LogP contribution < -0.4 is 5.32 Å². The van der Waals surface area contributed by atoms with Gasteiger partial charge in [-0.25, -0.2) is 0 Å². The first-order valence-corrected chi connectivity index (χ1v) is 9.80. The number of aromatic nitrogens is 4. The molecule has 0 aliphatic heterocycles. The topological polar surface area (TPSA) is 89.8 Å². The molecule has 0 bridgehead atoms. The molecule has 8 heteroatoms. The summed E-state index contributed by atoms with van der Waals surface area (Å²) in [6.07, 6.45) is 0. The predicted octanol–water partition coefficient (Wildman–Crippen LogP) is 3.26. The van der Waals surface area contributed by atoms with Crippen LogP contribution in [0.4, 0.5) is 0 Å². The van der Waals surface area contributed by atoms with Gasteiger partial charge in [0.15, 0.2) is 5.78 Å². The van der Waals surface area contributed by atoms with Crippen LogP contribution in [0.2, 0.25) is 0 Å². The van der Waals surface area contributed by atoms with E-state index in [9.17, 15) is 9.59 Å². The van der Waals surface area contributed by atoms with Gasteiger partial charge in [0.1, 0.15) is 6.54 Å². The summed E-state index contributed by atoms with van der Waals surface area (Å²) in [5, 5.41) is 15.3. The molecule has 7 nitrogen and oxygen atoms in total. The number of hydrogen-bond acceptors (Lipinski definition) is 6. The molecule has 0 radical (unpaired) electrons. The van der Waals surface area contributed by atoms with E-state index in [0.29, 0.717) is 17.2 Å². The lowest BCUT2D eigenvalue weighted by atomic mass is 9.96. The lowest BCUT2D eigenvalue weighted by Crippen LogP contribution is -2.34. The van der Waals surface area contributed by atoms with Gasteiger partial charge in [-0.1, -0.05) is 45.0 Å². The van der Waals surface area contributed by atoms with Crippen LogP contribution in [0.3, 0.4) is 0 Å². The minimum Gasteiger partial charge on any atom is -0.351 e. The lowest BCUT2D eigenvalue weighted by Gasteiger charge is -2.17. The number of tetrazole rings is 1. The summed E-state index contributed by atoms with van der Waals surface area (Å²) in [5.41, 5.74) is 1.51. The normalized spacial score (nSPS) is 11.4. The quantitative estimate of drug-likeness (QED) is 0.645. The number of ketones is 1. The van der Waals surface area contributed by atoms with Crippen LogP contribution in [0.25, 0.3) is 11.4 Å². The molecule has 3 rings (SSSR count).